The third-order valence-corrected chi connectivity index (χ3v) is 9.53. The molecule has 3 aliphatic heterocycles. The summed E-state index contributed by atoms with van der Waals surface area (Å²) in [5.41, 5.74) is 6.47. The molecule has 6 N–H and O–H groups in total. The van der Waals surface area contributed by atoms with Gasteiger partial charge in [-0.1, -0.05) is 6.08 Å². The van der Waals surface area contributed by atoms with Gasteiger partial charge < -0.3 is 59.4 Å². The number of phosphoric ester groups is 2. The number of nitrogens with two attached hydrogens (primary N) is 1. The minimum Gasteiger partial charge on any atom is -0.756 e. The fourth-order valence-corrected chi connectivity index (χ4v) is 6.75. The number of hydrogen-bond donors (Lipinski definition) is 5. The van der Waals surface area contributed by atoms with E-state index < -0.39 is 77.9 Å². The maximum absolute atomic E-state index is 12.3. The zero-order chi connectivity index (χ0) is 32.0. The number of carbonyl (C=O) groups excluding carboxylic acids is 1. The van der Waals surface area contributed by atoms with Gasteiger partial charge in [-0.3, -0.25) is 18.5 Å². The molecule has 20 nitrogen and oxygen atoms in total. The van der Waals surface area contributed by atoms with Gasteiger partial charge in [-0.25, -0.2) is 19.3 Å². The number of hydrogen-bond acceptors (Lipinski definition) is 19. The molecule has 0 aromatic carbocycles. The van der Waals surface area contributed by atoms with E-state index in [9.17, 15) is 44.1 Å². The number of phosphoric acid groups is 2. The number of aromatic nitrogens is 4. The number of imidazole rings is 1. The van der Waals surface area contributed by atoms with Crippen LogP contribution in [-0.4, -0.2) is 107 Å². The molecule has 0 amide bonds. The summed E-state index contributed by atoms with van der Waals surface area (Å²) in [5, 5.41) is 41.6. The van der Waals surface area contributed by atoms with E-state index in [0.717, 1.165) is 6.33 Å². The first kappa shape index (κ1) is 39.8. The fraction of sp³-hybridized carbons (Fsp3) is 0.545. The molecule has 3 aliphatic rings. The van der Waals surface area contributed by atoms with E-state index in [2.05, 4.69) is 28.3 Å². The largest absolute Gasteiger partial charge is 1.00 e. The predicted octanol–water partition coefficient (Wildman–Crippen LogP) is -8.84. The summed E-state index contributed by atoms with van der Waals surface area (Å²) in [7, 11) is -11.3. The maximum atomic E-state index is 12.3. The summed E-state index contributed by atoms with van der Waals surface area (Å²) in [4.78, 5) is 49.4. The number of nitrogen functional groups attached to an aromatic ring is 1. The summed E-state index contributed by atoms with van der Waals surface area (Å²) in [6, 6.07) is 0. The molecule has 242 valence electrons. The second kappa shape index (κ2) is 15.9. The summed E-state index contributed by atoms with van der Waals surface area (Å²) in [5.74, 6) is -0.182. The van der Waals surface area contributed by atoms with Crippen LogP contribution in [0, 0.1) is 0 Å². The predicted molar refractivity (Wildman–Crippen MR) is 139 cm³/mol. The SMILES string of the molecule is CC(=O)C1=CN([C@H]2OC(COP(=O)([O-])OP(=O)([O-])OCC3O[C@H](n4cnc5c(N)ncnc54)C(O)C3O)C(O)C2O)C=CC1.[Na+].[Na+]. The Morgan fingerprint density at radius 3 is 2.13 bits per heavy atom. The summed E-state index contributed by atoms with van der Waals surface area (Å²) < 4.78 is 50.0. The molecule has 0 radical (unpaired) electrons. The second-order valence-corrected chi connectivity index (χ2v) is 12.9. The van der Waals surface area contributed by atoms with Gasteiger partial charge in [-0.2, -0.15) is 0 Å². The van der Waals surface area contributed by atoms with E-state index in [1.165, 1.54) is 35.1 Å². The summed E-state index contributed by atoms with van der Waals surface area (Å²) in [6.45, 7) is -0.581. The molecular weight excluding hydrogens is 680 g/mol. The Kier molecular flexibility index (Phi) is 13.7. The van der Waals surface area contributed by atoms with E-state index >= 15 is 0 Å². The Labute approximate surface area is 305 Å². The van der Waals surface area contributed by atoms with Crippen LogP contribution < -0.4 is 74.6 Å². The molecule has 2 fully saturated rings. The molecule has 5 heterocycles. The minimum absolute atomic E-state index is 0. The van der Waals surface area contributed by atoms with E-state index in [1.54, 1.807) is 6.08 Å². The number of nitrogens with zero attached hydrogens (tertiary/aromatic N) is 5. The average Bonchev–Trinajstić information content (AvgIpc) is 3.61. The van der Waals surface area contributed by atoms with Crippen molar-refractivity contribution in [3.05, 3.63) is 36.7 Å². The van der Waals surface area contributed by atoms with Crippen molar-refractivity contribution in [3.8, 4) is 0 Å². The smallest absolute Gasteiger partial charge is 0.756 e. The van der Waals surface area contributed by atoms with Crippen molar-refractivity contribution < 1.29 is 126 Å². The van der Waals surface area contributed by atoms with Gasteiger partial charge in [0.15, 0.2) is 29.7 Å². The number of ketones is 1. The number of aliphatic hydroxyl groups excluding tert-OH is 4. The summed E-state index contributed by atoms with van der Waals surface area (Å²) in [6.07, 6.45) is -4.74. The van der Waals surface area contributed by atoms with E-state index in [4.69, 9.17) is 15.2 Å². The average molecular weight is 708 g/mol. The first-order valence-electron chi connectivity index (χ1n) is 12.9. The zero-order valence-electron chi connectivity index (χ0n) is 24.7. The standard InChI is InChI=1S/C22H30N6O14P2.2Na/c1-10(29)11-3-2-4-27(5-11)21-17(32)15(30)12(40-21)6-38-43(34,35)42-44(36,37)39-7-13-16(31)18(33)22(41-13)28-9-26-14-19(23)24-8-25-20(14)28;;/h2,4-5,8-9,12-13,15-18,21-22,30-33H,3,6-7H2,1H3,(H,34,35)(H,36,37)(H2,23,24,25);;/q;2*+1/p-2/t12?,13?,15?,16?,17?,18?,21-,22-;;/m0../s1. The Balaban J connectivity index is 0.00000288. The molecule has 5 rings (SSSR count). The molecular formula is C22H28N6Na2O14P2. The molecule has 24 heteroatoms. The van der Waals surface area contributed by atoms with Crippen molar-refractivity contribution >= 4 is 38.4 Å². The molecule has 8 unspecified atom stereocenters. The van der Waals surface area contributed by atoms with Crippen LogP contribution >= 0.6 is 15.6 Å². The number of ether oxygens (including phenoxy) is 2. The van der Waals surface area contributed by atoms with Gasteiger partial charge in [0.1, 0.15) is 48.5 Å². The number of aliphatic hydroxyl groups is 4. The minimum atomic E-state index is -5.67. The fourth-order valence-electron chi connectivity index (χ4n) is 4.74. The van der Waals surface area contributed by atoms with Crippen LogP contribution in [0.15, 0.2) is 36.7 Å². The van der Waals surface area contributed by atoms with E-state index in [0.29, 0.717) is 12.0 Å². The molecule has 0 aliphatic carbocycles. The Morgan fingerprint density at radius 1 is 0.978 bits per heavy atom. The second-order valence-electron chi connectivity index (χ2n) is 9.99. The number of rotatable bonds is 11. The van der Waals surface area contributed by atoms with Crippen molar-refractivity contribution in [3.63, 3.8) is 0 Å². The van der Waals surface area contributed by atoms with Crippen molar-refractivity contribution in [1.29, 1.82) is 0 Å². The van der Waals surface area contributed by atoms with Crippen LogP contribution in [0.1, 0.15) is 19.6 Å². The number of allylic oxidation sites excluding steroid dienone is 2. The van der Waals surface area contributed by atoms with Crippen LogP contribution in [0.4, 0.5) is 5.82 Å². The molecule has 10 atom stereocenters. The number of carbonyl (C=O) groups is 1. The molecule has 0 bridgehead atoms. The van der Waals surface area contributed by atoms with Crippen molar-refractivity contribution in [2.75, 3.05) is 18.9 Å². The van der Waals surface area contributed by atoms with Crippen LogP contribution in [0.2, 0.25) is 0 Å². The van der Waals surface area contributed by atoms with Gasteiger partial charge in [0, 0.05) is 18.0 Å². The van der Waals surface area contributed by atoms with Crippen LogP contribution in [0.5, 0.6) is 0 Å². The topological polar surface area (TPSA) is 297 Å². The van der Waals surface area contributed by atoms with E-state index in [1.807, 2.05) is 0 Å². The molecule has 2 aromatic heterocycles. The van der Waals surface area contributed by atoms with Gasteiger partial charge in [0.05, 0.1) is 19.5 Å². The number of fused-ring (bicyclic) bond motifs is 1. The van der Waals surface area contributed by atoms with Crippen LogP contribution in [-0.2, 0) is 36.8 Å². The van der Waals surface area contributed by atoms with Crippen LogP contribution in [0.25, 0.3) is 11.2 Å². The van der Waals surface area contributed by atoms with Gasteiger partial charge in [0.2, 0.25) is 0 Å². The number of Topliss-reactive ketones (excluding diaryl/α,β-unsaturated/α-hetero) is 1. The maximum Gasteiger partial charge on any atom is 1.00 e. The third-order valence-electron chi connectivity index (χ3n) is 7.00. The molecule has 46 heavy (non-hydrogen) atoms. The van der Waals surface area contributed by atoms with Crippen molar-refractivity contribution in [2.45, 2.75) is 62.4 Å². The Morgan fingerprint density at radius 2 is 1.54 bits per heavy atom. The first-order valence-corrected chi connectivity index (χ1v) is 15.8. The monoisotopic (exact) mass is 708 g/mol. The van der Waals surface area contributed by atoms with Gasteiger partial charge in [-0.05, 0) is 13.3 Å². The zero-order valence-corrected chi connectivity index (χ0v) is 30.5. The van der Waals surface area contributed by atoms with Gasteiger partial charge >= 0.3 is 59.1 Å². The molecule has 0 spiro atoms. The van der Waals surface area contributed by atoms with Crippen LogP contribution in [0.3, 0.4) is 0 Å². The Bertz CT molecular complexity index is 1570. The third kappa shape index (κ3) is 8.72. The summed E-state index contributed by atoms with van der Waals surface area (Å²) >= 11 is 0. The first-order chi connectivity index (χ1) is 20.7. The van der Waals surface area contributed by atoms with Crippen molar-refractivity contribution in [2.24, 2.45) is 0 Å². The number of anilines is 1. The normalized spacial score (nSPS) is 31.9. The van der Waals surface area contributed by atoms with Gasteiger partial charge in [-0.15, -0.1) is 0 Å². The molecule has 2 aromatic rings. The molecule has 0 saturated carbocycles. The van der Waals surface area contributed by atoms with Gasteiger partial charge in [0.25, 0.3) is 15.6 Å². The van der Waals surface area contributed by atoms with Crippen molar-refractivity contribution in [1.82, 2.24) is 24.4 Å². The molecule has 2 saturated heterocycles. The quantitative estimate of drug-likeness (QED) is 0.107. The Hall–Kier alpha value is -0.680. The van der Waals surface area contributed by atoms with E-state index in [-0.39, 0.29) is 81.9 Å².